The molecular weight excluding hydrogens is 252 g/mol. The van der Waals surface area contributed by atoms with Gasteiger partial charge in [0.2, 0.25) is 0 Å². The van der Waals surface area contributed by atoms with Gasteiger partial charge in [0.1, 0.15) is 0 Å². The molecule has 19 heavy (non-hydrogen) atoms. The molecule has 2 saturated carbocycles. The molecule has 0 heterocycles. The third-order valence-corrected chi connectivity index (χ3v) is 5.82. The fourth-order valence-corrected chi connectivity index (χ4v) is 4.13. The summed E-state index contributed by atoms with van der Waals surface area (Å²) in [5, 5.41) is 3.81. The van der Waals surface area contributed by atoms with Gasteiger partial charge in [-0.3, -0.25) is 0 Å². The summed E-state index contributed by atoms with van der Waals surface area (Å²) >= 11 is 1.97. The molecule has 0 aromatic heterocycles. The second kappa shape index (κ2) is 7.33. The van der Waals surface area contributed by atoms with Gasteiger partial charge in [-0.05, 0) is 51.3 Å². The number of rotatable bonds is 8. The van der Waals surface area contributed by atoms with Gasteiger partial charge in [-0.25, -0.2) is 0 Å². The van der Waals surface area contributed by atoms with Gasteiger partial charge in [0.05, 0.1) is 0 Å². The van der Waals surface area contributed by atoms with Crippen LogP contribution in [0.3, 0.4) is 0 Å². The van der Waals surface area contributed by atoms with Crippen LogP contribution in [0.1, 0.15) is 51.9 Å². The maximum absolute atomic E-state index is 3.81. The average molecular weight is 285 g/mol. The normalized spacial score (nSPS) is 24.6. The highest BCUT2D eigenvalue weighted by molar-refractivity contribution is 7.98. The van der Waals surface area contributed by atoms with Crippen LogP contribution in [0.5, 0.6) is 0 Å². The minimum Gasteiger partial charge on any atom is -0.313 e. The zero-order valence-electron chi connectivity index (χ0n) is 13.1. The summed E-state index contributed by atoms with van der Waals surface area (Å²) in [4.78, 5) is 2.61. The lowest BCUT2D eigenvalue weighted by atomic mass is 9.73. The van der Waals surface area contributed by atoms with E-state index in [9.17, 15) is 0 Å². The van der Waals surface area contributed by atoms with E-state index in [2.05, 4.69) is 30.4 Å². The SMILES string of the molecule is CSCC(C)N(C)CC1(CNC2CC2)CCCCC1. The second-order valence-electron chi connectivity index (χ2n) is 6.94. The van der Waals surface area contributed by atoms with Crippen LogP contribution < -0.4 is 5.32 Å². The van der Waals surface area contributed by atoms with E-state index in [-0.39, 0.29) is 0 Å². The van der Waals surface area contributed by atoms with Gasteiger partial charge in [-0.15, -0.1) is 0 Å². The molecule has 2 fully saturated rings. The summed E-state index contributed by atoms with van der Waals surface area (Å²) in [5.41, 5.74) is 0.558. The predicted octanol–water partition coefficient (Wildman–Crippen LogP) is 3.37. The third-order valence-electron chi connectivity index (χ3n) is 5.00. The molecule has 0 saturated heterocycles. The van der Waals surface area contributed by atoms with Crippen LogP contribution in [0.15, 0.2) is 0 Å². The Morgan fingerprint density at radius 1 is 1.26 bits per heavy atom. The van der Waals surface area contributed by atoms with E-state index >= 15 is 0 Å². The number of thioether (sulfide) groups is 1. The molecule has 0 aliphatic heterocycles. The number of nitrogens with zero attached hydrogens (tertiary/aromatic N) is 1. The van der Waals surface area contributed by atoms with Crippen LogP contribution in [0.4, 0.5) is 0 Å². The van der Waals surface area contributed by atoms with Crippen molar-refractivity contribution < 1.29 is 0 Å². The molecule has 2 aliphatic carbocycles. The maximum Gasteiger partial charge on any atom is 0.0155 e. The molecule has 1 unspecified atom stereocenters. The number of hydrogen-bond donors (Lipinski definition) is 1. The Labute approximate surface area is 124 Å². The highest BCUT2D eigenvalue weighted by Crippen LogP contribution is 2.37. The first-order chi connectivity index (χ1) is 9.15. The fraction of sp³-hybridized carbons (Fsp3) is 1.00. The quantitative estimate of drug-likeness (QED) is 0.736. The minimum absolute atomic E-state index is 0.558. The topological polar surface area (TPSA) is 15.3 Å². The van der Waals surface area contributed by atoms with Crippen molar-refractivity contribution in [1.29, 1.82) is 0 Å². The van der Waals surface area contributed by atoms with Gasteiger partial charge in [0, 0.05) is 30.9 Å². The smallest absolute Gasteiger partial charge is 0.0155 e. The molecular formula is C16H32N2S. The Hall–Kier alpha value is 0.270. The molecule has 0 bridgehead atoms. The van der Waals surface area contributed by atoms with Crippen molar-refractivity contribution in [3.8, 4) is 0 Å². The second-order valence-corrected chi connectivity index (χ2v) is 7.85. The Morgan fingerprint density at radius 2 is 1.95 bits per heavy atom. The van der Waals surface area contributed by atoms with E-state index in [0.29, 0.717) is 11.5 Å². The first-order valence-corrected chi connectivity index (χ1v) is 9.47. The van der Waals surface area contributed by atoms with Crippen LogP contribution in [-0.2, 0) is 0 Å². The lowest BCUT2D eigenvalue weighted by molar-refractivity contribution is 0.102. The Morgan fingerprint density at radius 3 is 2.53 bits per heavy atom. The minimum atomic E-state index is 0.558. The van der Waals surface area contributed by atoms with Gasteiger partial charge in [-0.2, -0.15) is 11.8 Å². The molecule has 112 valence electrons. The van der Waals surface area contributed by atoms with Crippen molar-refractivity contribution in [2.45, 2.75) is 64.0 Å². The van der Waals surface area contributed by atoms with Crippen LogP contribution in [0.25, 0.3) is 0 Å². The van der Waals surface area contributed by atoms with Crippen molar-refractivity contribution in [2.24, 2.45) is 5.41 Å². The highest BCUT2D eigenvalue weighted by atomic mass is 32.2. The van der Waals surface area contributed by atoms with Gasteiger partial charge in [-0.1, -0.05) is 19.3 Å². The fourth-order valence-electron chi connectivity index (χ4n) is 3.39. The molecule has 2 aliphatic rings. The van der Waals surface area contributed by atoms with Gasteiger partial charge in [0.15, 0.2) is 0 Å². The summed E-state index contributed by atoms with van der Waals surface area (Å²) in [6, 6.07) is 1.56. The predicted molar refractivity (Wildman–Crippen MR) is 87.0 cm³/mol. The molecule has 0 amide bonds. The number of nitrogens with one attached hydrogen (secondary N) is 1. The zero-order valence-corrected chi connectivity index (χ0v) is 13.9. The van der Waals surface area contributed by atoms with Crippen molar-refractivity contribution in [1.82, 2.24) is 10.2 Å². The summed E-state index contributed by atoms with van der Waals surface area (Å²) < 4.78 is 0. The highest BCUT2D eigenvalue weighted by Gasteiger charge is 2.35. The van der Waals surface area contributed by atoms with E-state index in [1.165, 1.54) is 63.8 Å². The van der Waals surface area contributed by atoms with Crippen LogP contribution in [0, 0.1) is 5.41 Å². The van der Waals surface area contributed by atoms with Gasteiger partial charge < -0.3 is 10.2 Å². The first kappa shape index (κ1) is 15.7. The molecule has 1 atom stereocenters. The van der Waals surface area contributed by atoms with Crippen molar-refractivity contribution in [3.05, 3.63) is 0 Å². The molecule has 2 nitrogen and oxygen atoms in total. The van der Waals surface area contributed by atoms with Crippen molar-refractivity contribution in [2.75, 3.05) is 32.1 Å². The Kier molecular flexibility index (Phi) is 6.04. The molecule has 0 radical (unpaired) electrons. The summed E-state index contributed by atoms with van der Waals surface area (Å²) in [6.07, 6.45) is 12.2. The average Bonchev–Trinajstić information content (AvgIpc) is 3.22. The first-order valence-electron chi connectivity index (χ1n) is 8.08. The molecule has 0 aromatic rings. The van der Waals surface area contributed by atoms with Crippen LogP contribution >= 0.6 is 11.8 Å². The van der Waals surface area contributed by atoms with Crippen molar-refractivity contribution in [3.63, 3.8) is 0 Å². The van der Waals surface area contributed by atoms with Crippen molar-refractivity contribution >= 4 is 11.8 Å². The van der Waals surface area contributed by atoms with E-state index in [4.69, 9.17) is 0 Å². The molecule has 0 aromatic carbocycles. The van der Waals surface area contributed by atoms with E-state index in [1.54, 1.807) is 0 Å². The largest absolute Gasteiger partial charge is 0.313 e. The standard InChI is InChI=1S/C16H32N2S/c1-14(11-19-3)18(2)13-16(9-5-4-6-10-16)12-17-15-7-8-15/h14-15,17H,4-13H2,1-3H3. The van der Waals surface area contributed by atoms with Crippen LogP contribution in [-0.4, -0.2) is 49.1 Å². The van der Waals surface area contributed by atoms with E-state index in [0.717, 1.165) is 6.04 Å². The van der Waals surface area contributed by atoms with Crippen LogP contribution in [0.2, 0.25) is 0 Å². The van der Waals surface area contributed by atoms with E-state index in [1.807, 2.05) is 11.8 Å². The lowest BCUT2D eigenvalue weighted by Crippen LogP contribution is -2.47. The summed E-state index contributed by atoms with van der Waals surface area (Å²) in [7, 11) is 2.33. The summed E-state index contributed by atoms with van der Waals surface area (Å²) in [5.74, 6) is 1.25. The Bertz CT molecular complexity index is 259. The summed E-state index contributed by atoms with van der Waals surface area (Å²) in [6.45, 7) is 4.92. The van der Waals surface area contributed by atoms with E-state index < -0.39 is 0 Å². The van der Waals surface area contributed by atoms with Gasteiger partial charge >= 0.3 is 0 Å². The maximum atomic E-state index is 3.81. The molecule has 3 heteroatoms. The lowest BCUT2D eigenvalue weighted by Gasteiger charge is -2.42. The zero-order chi connectivity index (χ0) is 13.7. The van der Waals surface area contributed by atoms with Gasteiger partial charge in [0.25, 0.3) is 0 Å². The molecule has 1 N–H and O–H groups in total. The monoisotopic (exact) mass is 284 g/mol. The molecule has 0 spiro atoms. The third kappa shape index (κ3) is 4.95. The Balaban J connectivity index is 1.87. The number of hydrogen-bond acceptors (Lipinski definition) is 3. The molecule has 2 rings (SSSR count).